The maximum Gasteiger partial charge on any atom is 0.175 e. The molecule has 3 aromatic rings. The lowest BCUT2D eigenvalue weighted by Gasteiger charge is -2.10. The van der Waals surface area contributed by atoms with Gasteiger partial charge in [0.25, 0.3) is 0 Å². The van der Waals surface area contributed by atoms with Crippen molar-refractivity contribution in [1.29, 1.82) is 0 Å². The first-order valence-corrected chi connectivity index (χ1v) is 8.64. The molecule has 0 aliphatic heterocycles. The number of aryl methyl sites for hydroxylation is 3. The Kier molecular flexibility index (Phi) is 5.14. The Balaban J connectivity index is 1.63. The lowest BCUT2D eigenvalue weighted by molar-refractivity contribution is 0.684. The van der Waals surface area contributed by atoms with Gasteiger partial charge in [0, 0.05) is 11.9 Å². The molecular weight excluding hydrogens is 328 g/mol. The minimum absolute atomic E-state index is 0.556. The zero-order valence-corrected chi connectivity index (χ0v) is 15.5. The van der Waals surface area contributed by atoms with Crippen LogP contribution >= 0.6 is 12.2 Å². The molecule has 0 saturated carbocycles. The van der Waals surface area contributed by atoms with Crippen LogP contribution in [0.3, 0.4) is 0 Å². The molecular formula is C20H22N4S. The van der Waals surface area contributed by atoms with E-state index in [9.17, 15) is 0 Å². The largest absolute Gasteiger partial charge is 0.332 e. The average molecular weight is 350 g/mol. The highest BCUT2D eigenvalue weighted by Gasteiger charge is 2.04. The summed E-state index contributed by atoms with van der Waals surface area (Å²) in [5.41, 5.74) is 6.79. The molecule has 1 aromatic heterocycles. The third-order valence-electron chi connectivity index (χ3n) is 3.96. The van der Waals surface area contributed by atoms with Crippen molar-refractivity contribution < 1.29 is 0 Å². The molecule has 0 aliphatic rings. The minimum Gasteiger partial charge on any atom is -0.332 e. The second-order valence-electron chi connectivity index (χ2n) is 6.31. The van der Waals surface area contributed by atoms with E-state index in [4.69, 9.17) is 12.2 Å². The number of aromatic nitrogens is 2. The van der Waals surface area contributed by atoms with Crippen LogP contribution in [0.15, 0.2) is 54.9 Å². The predicted molar refractivity (Wildman–Crippen MR) is 108 cm³/mol. The fraction of sp³-hybridized carbons (Fsp3) is 0.200. The molecule has 0 aliphatic carbocycles. The molecule has 0 bridgehead atoms. The maximum atomic E-state index is 5.41. The first-order chi connectivity index (χ1) is 12.0. The second-order valence-corrected chi connectivity index (χ2v) is 6.72. The van der Waals surface area contributed by atoms with Crippen molar-refractivity contribution in [3.8, 4) is 0 Å². The van der Waals surface area contributed by atoms with Gasteiger partial charge < -0.3 is 10.6 Å². The molecule has 25 heavy (non-hydrogen) atoms. The van der Waals surface area contributed by atoms with Crippen LogP contribution in [-0.2, 0) is 6.54 Å². The molecule has 0 radical (unpaired) electrons. The van der Waals surface area contributed by atoms with Gasteiger partial charge in [-0.25, -0.2) is 0 Å². The molecule has 0 amide bonds. The molecule has 0 spiro atoms. The van der Waals surface area contributed by atoms with Gasteiger partial charge in [0.05, 0.1) is 18.4 Å². The highest BCUT2D eigenvalue weighted by atomic mass is 32.1. The average Bonchev–Trinajstić information content (AvgIpc) is 2.95. The zero-order chi connectivity index (χ0) is 17.8. The SMILES string of the molecule is Cc1cc(C)cc(NC(=S)Nc2cnn(Cc3ccccc3C)c2)c1. The number of hydrogen-bond acceptors (Lipinski definition) is 2. The Morgan fingerprint density at radius 2 is 1.68 bits per heavy atom. The fourth-order valence-electron chi connectivity index (χ4n) is 2.82. The van der Waals surface area contributed by atoms with Crippen molar-refractivity contribution in [3.05, 3.63) is 77.1 Å². The van der Waals surface area contributed by atoms with E-state index in [0.29, 0.717) is 5.11 Å². The number of hydrogen-bond donors (Lipinski definition) is 2. The molecule has 128 valence electrons. The monoisotopic (exact) mass is 350 g/mol. The van der Waals surface area contributed by atoms with Crippen molar-refractivity contribution in [2.75, 3.05) is 10.6 Å². The van der Waals surface area contributed by atoms with Gasteiger partial charge in [-0.1, -0.05) is 30.3 Å². The van der Waals surface area contributed by atoms with E-state index in [1.807, 2.05) is 23.0 Å². The van der Waals surface area contributed by atoms with E-state index in [1.54, 1.807) is 6.20 Å². The Labute approximate surface area is 153 Å². The molecule has 2 aromatic carbocycles. The van der Waals surface area contributed by atoms with Gasteiger partial charge in [0.2, 0.25) is 0 Å². The summed E-state index contributed by atoms with van der Waals surface area (Å²) >= 11 is 5.41. The molecule has 0 saturated heterocycles. The van der Waals surface area contributed by atoms with Gasteiger partial charge in [-0.15, -0.1) is 0 Å². The number of benzene rings is 2. The quantitative estimate of drug-likeness (QED) is 0.671. The van der Waals surface area contributed by atoms with Crippen LogP contribution in [0.2, 0.25) is 0 Å². The van der Waals surface area contributed by atoms with E-state index in [1.165, 1.54) is 22.3 Å². The topological polar surface area (TPSA) is 41.9 Å². The maximum absolute atomic E-state index is 5.41. The number of anilines is 2. The van der Waals surface area contributed by atoms with Crippen molar-refractivity contribution in [2.45, 2.75) is 27.3 Å². The zero-order valence-electron chi connectivity index (χ0n) is 14.7. The van der Waals surface area contributed by atoms with Gasteiger partial charge in [-0.05, 0) is 67.4 Å². The van der Waals surface area contributed by atoms with Gasteiger partial charge >= 0.3 is 0 Å². The minimum atomic E-state index is 0.556. The summed E-state index contributed by atoms with van der Waals surface area (Å²) in [6.45, 7) is 7.00. The normalized spacial score (nSPS) is 10.5. The standard InChI is InChI=1S/C20H22N4S/c1-14-8-15(2)10-18(9-14)22-20(25)23-19-11-21-24(13-19)12-17-7-5-4-6-16(17)3/h4-11,13H,12H2,1-3H3,(H2,22,23,25). The van der Waals surface area contributed by atoms with Crippen molar-refractivity contribution >= 4 is 28.7 Å². The highest BCUT2D eigenvalue weighted by molar-refractivity contribution is 7.80. The Hall–Kier alpha value is -2.66. The first kappa shape index (κ1) is 17.2. The number of rotatable bonds is 4. The van der Waals surface area contributed by atoms with Gasteiger partial charge in [0.15, 0.2) is 5.11 Å². The number of thiocarbonyl (C=S) groups is 1. The van der Waals surface area contributed by atoms with Crippen LogP contribution in [0.1, 0.15) is 22.3 Å². The van der Waals surface area contributed by atoms with Crippen molar-refractivity contribution in [1.82, 2.24) is 9.78 Å². The molecule has 0 fully saturated rings. The van der Waals surface area contributed by atoms with Gasteiger partial charge in [-0.2, -0.15) is 5.10 Å². The van der Waals surface area contributed by atoms with Crippen LogP contribution in [-0.4, -0.2) is 14.9 Å². The lowest BCUT2D eigenvalue weighted by Crippen LogP contribution is -2.18. The van der Waals surface area contributed by atoms with Crippen LogP contribution in [0.5, 0.6) is 0 Å². The second kappa shape index (κ2) is 7.49. The van der Waals surface area contributed by atoms with E-state index in [0.717, 1.165) is 17.9 Å². The van der Waals surface area contributed by atoms with Gasteiger partial charge in [-0.3, -0.25) is 4.68 Å². The Morgan fingerprint density at radius 1 is 1.00 bits per heavy atom. The van der Waals surface area contributed by atoms with Gasteiger partial charge in [0.1, 0.15) is 0 Å². The van der Waals surface area contributed by atoms with E-state index in [2.05, 4.69) is 66.8 Å². The summed E-state index contributed by atoms with van der Waals surface area (Å²) in [6.07, 6.45) is 3.75. The number of nitrogens with zero attached hydrogens (tertiary/aromatic N) is 2. The Morgan fingerprint density at radius 3 is 2.40 bits per heavy atom. The van der Waals surface area contributed by atoms with E-state index < -0.39 is 0 Å². The van der Waals surface area contributed by atoms with E-state index >= 15 is 0 Å². The molecule has 3 rings (SSSR count). The summed E-state index contributed by atoms with van der Waals surface area (Å²) in [6, 6.07) is 14.6. The summed E-state index contributed by atoms with van der Waals surface area (Å²) in [5, 5.41) is 11.4. The van der Waals surface area contributed by atoms with Crippen LogP contribution < -0.4 is 10.6 Å². The lowest BCUT2D eigenvalue weighted by atomic mass is 10.1. The molecule has 4 nitrogen and oxygen atoms in total. The fourth-order valence-corrected chi connectivity index (χ4v) is 3.05. The number of nitrogens with one attached hydrogen (secondary N) is 2. The first-order valence-electron chi connectivity index (χ1n) is 8.23. The molecule has 2 N–H and O–H groups in total. The summed E-state index contributed by atoms with van der Waals surface area (Å²) in [4.78, 5) is 0. The third kappa shape index (κ3) is 4.67. The summed E-state index contributed by atoms with van der Waals surface area (Å²) in [7, 11) is 0. The summed E-state index contributed by atoms with van der Waals surface area (Å²) in [5.74, 6) is 0. The molecule has 0 unspecified atom stereocenters. The third-order valence-corrected chi connectivity index (χ3v) is 4.17. The van der Waals surface area contributed by atoms with Crippen molar-refractivity contribution in [3.63, 3.8) is 0 Å². The molecule has 1 heterocycles. The Bertz CT molecular complexity index is 878. The molecule has 5 heteroatoms. The van der Waals surface area contributed by atoms with E-state index in [-0.39, 0.29) is 0 Å². The summed E-state index contributed by atoms with van der Waals surface area (Å²) < 4.78 is 1.91. The van der Waals surface area contributed by atoms with Crippen molar-refractivity contribution in [2.24, 2.45) is 0 Å². The predicted octanol–water partition coefficient (Wildman–Crippen LogP) is 4.67. The van der Waals surface area contributed by atoms with Crippen LogP contribution in [0.4, 0.5) is 11.4 Å². The van der Waals surface area contributed by atoms with Crippen LogP contribution in [0.25, 0.3) is 0 Å². The highest BCUT2D eigenvalue weighted by Crippen LogP contribution is 2.15. The van der Waals surface area contributed by atoms with Crippen LogP contribution in [0, 0.1) is 20.8 Å². The smallest absolute Gasteiger partial charge is 0.175 e. The molecule has 0 atom stereocenters.